The average molecular weight is 368 g/mol. The van der Waals surface area contributed by atoms with Crippen molar-refractivity contribution in [3.8, 4) is 0 Å². The Morgan fingerprint density at radius 3 is 2.85 bits per heavy atom. The highest BCUT2D eigenvalue weighted by molar-refractivity contribution is 7.99. The fourth-order valence-corrected chi connectivity index (χ4v) is 3.20. The summed E-state index contributed by atoms with van der Waals surface area (Å²) in [5.74, 6) is 1.10. The number of nitrogens with one attached hydrogen (secondary N) is 1. The second-order valence-electron chi connectivity index (χ2n) is 5.92. The van der Waals surface area contributed by atoms with Gasteiger partial charge in [0.1, 0.15) is 11.6 Å². The number of nitrogens with zero attached hydrogens (tertiary/aromatic N) is 4. The van der Waals surface area contributed by atoms with Gasteiger partial charge in [0.15, 0.2) is 5.16 Å². The number of hydrogen-bond donors (Lipinski definition) is 2. The third-order valence-electron chi connectivity index (χ3n) is 3.58. The fraction of sp³-hybridized carbons (Fsp3) is 0.222. The van der Waals surface area contributed by atoms with Crippen molar-refractivity contribution in [2.45, 2.75) is 25.5 Å². The number of nitrogen functional groups attached to an aromatic ring is 1. The molecule has 0 radical (unpaired) electrons. The van der Waals surface area contributed by atoms with Gasteiger partial charge < -0.3 is 11.1 Å². The first-order valence-corrected chi connectivity index (χ1v) is 9.09. The van der Waals surface area contributed by atoms with E-state index >= 15 is 0 Å². The summed E-state index contributed by atoms with van der Waals surface area (Å²) in [7, 11) is 0. The molecule has 1 amide bonds. The van der Waals surface area contributed by atoms with Gasteiger partial charge in [-0.2, -0.15) is 5.10 Å². The van der Waals surface area contributed by atoms with Crippen LogP contribution in [0.3, 0.4) is 0 Å². The van der Waals surface area contributed by atoms with Crippen LogP contribution in [0.15, 0.2) is 47.8 Å². The largest absolute Gasteiger partial charge is 0.384 e. The number of anilines is 2. The second-order valence-corrected chi connectivity index (χ2v) is 6.86. The molecule has 0 saturated heterocycles. The van der Waals surface area contributed by atoms with Crippen molar-refractivity contribution in [3.63, 3.8) is 0 Å². The molecule has 0 fully saturated rings. The van der Waals surface area contributed by atoms with Gasteiger partial charge in [0.25, 0.3) is 0 Å². The van der Waals surface area contributed by atoms with Crippen LogP contribution in [0.2, 0.25) is 0 Å². The third kappa shape index (κ3) is 4.82. The summed E-state index contributed by atoms with van der Waals surface area (Å²) in [6.45, 7) is 4.48. The van der Waals surface area contributed by atoms with Gasteiger partial charge in [-0.3, -0.25) is 4.79 Å². The van der Waals surface area contributed by atoms with Crippen LogP contribution in [-0.4, -0.2) is 31.4 Å². The standard InChI is InChI=1S/C18H20N6OS/c1-12-4-3-5-14(8-12)10-24-16(6-7-20-24)23-17(25)11-26-18-21-13(2)9-15(19)22-18/h3-9H,10-11H2,1-2H3,(H,23,25)(H2,19,21,22). The minimum Gasteiger partial charge on any atom is -0.384 e. The highest BCUT2D eigenvalue weighted by atomic mass is 32.2. The van der Waals surface area contributed by atoms with E-state index in [2.05, 4.69) is 26.4 Å². The summed E-state index contributed by atoms with van der Waals surface area (Å²) in [5, 5.41) is 7.66. The minimum atomic E-state index is -0.148. The number of aromatic nitrogens is 4. The number of carbonyl (C=O) groups is 1. The first kappa shape index (κ1) is 17.9. The van der Waals surface area contributed by atoms with Gasteiger partial charge in [-0.15, -0.1) is 0 Å². The third-order valence-corrected chi connectivity index (χ3v) is 4.43. The van der Waals surface area contributed by atoms with Crippen LogP contribution >= 0.6 is 11.8 Å². The van der Waals surface area contributed by atoms with Gasteiger partial charge in [0.2, 0.25) is 5.91 Å². The quantitative estimate of drug-likeness (QED) is 0.513. The second kappa shape index (κ2) is 8.01. The Kier molecular flexibility index (Phi) is 5.52. The van der Waals surface area contributed by atoms with Crippen molar-refractivity contribution < 1.29 is 4.79 Å². The van der Waals surface area contributed by atoms with Crippen LogP contribution in [0.25, 0.3) is 0 Å². The topological polar surface area (TPSA) is 98.7 Å². The van der Waals surface area contributed by atoms with Crippen molar-refractivity contribution in [2.75, 3.05) is 16.8 Å². The Morgan fingerprint density at radius 1 is 1.23 bits per heavy atom. The summed E-state index contributed by atoms with van der Waals surface area (Å²) in [6.07, 6.45) is 1.67. The molecule has 0 atom stereocenters. The van der Waals surface area contributed by atoms with E-state index in [-0.39, 0.29) is 11.7 Å². The Bertz CT molecular complexity index is 903. The number of thioether (sulfide) groups is 1. The maximum atomic E-state index is 12.3. The molecule has 3 aromatic rings. The Morgan fingerprint density at radius 2 is 2.08 bits per heavy atom. The summed E-state index contributed by atoms with van der Waals surface area (Å²) in [5.41, 5.74) is 8.79. The van der Waals surface area contributed by atoms with Crippen LogP contribution in [0.5, 0.6) is 0 Å². The van der Waals surface area contributed by atoms with Gasteiger partial charge in [-0.05, 0) is 19.4 Å². The van der Waals surface area contributed by atoms with E-state index in [9.17, 15) is 4.79 Å². The molecule has 0 aliphatic heterocycles. The first-order chi connectivity index (χ1) is 12.5. The van der Waals surface area contributed by atoms with Crippen molar-refractivity contribution in [1.29, 1.82) is 0 Å². The monoisotopic (exact) mass is 368 g/mol. The number of hydrogen-bond acceptors (Lipinski definition) is 6. The lowest BCUT2D eigenvalue weighted by Gasteiger charge is -2.09. The zero-order chi connectivity index (χ0) is 18.5. The highest BCUT2D eigenvalue weighted by Gasteiger charge is 2.10. The molecule has 2 aromatic heterocycles. The molecule has 0 unspecified atom stereocenters. The molecular weight excluding hydrogens is 348 g/mol. The summed E-state index contributed by atoms with van der Waals surface area (Å²) >= 11 is 1.25. The van der Waals surface area contributed by atoms with E-state index < -0.39 is 0 Å². The molecule has 1 aromatic carbocycles. The van der Waals surface area contributed by atoms with Crippen LogP contribution < -0.4 is 11.1 Å². The van der Waals surface area contributed by atoms with E-state index in [4.69, 9.17) is 5.73 Å². The number of rotatable bonds is 6. The van der Waals surface area contributed by atoms with Crippen LogP contribution in [0.1, 0.15) is 16.8 Å². The highest BCUT2D eigenvalue weighted by Crippen LogP contribution is 2.16. The summed E-state index contributed by atoms with van der Waals surface area (Å²) in [4.78, 5) is 20.6. The fourth-order valence-electron chi connectivity index (χ4n) is 2.49. The molecule has 0 spiro atoms. The molecule has 7 nitrogen and oxygen atoms in total. The number of amides is 1. The predicted molar refractivity (Wildman–Crippen MR) is 103 cm³/mol. The van der Waals surface area contributed by atoms with Crippen molar-refractivity contribution in [3.05, 3.63) is 59.4 Å². The lowest BCUT2D eigenvalue weighted by molar-refractivity contribution is -0.113. The molecule has 0 saturated carbocycles. The van der Waals surface area contributed by atoms with Crippen LogP contribution in [0.4, 0.5) is 11.6 Å². The van der Waals surface area contributed by atoms with Crippen LogP contribution in [-0.2, 0) is 11.3 Å². The predicted octanol–water partition coefficient (Wildman–Crippen LogP) is 2.65. The van der Waals surface area contributed by atoms with Gasteiger partial charge in [-0.1, -0.05) is 41.6 Å². The Labute approximate surface area is 156 Å². The van der Waals surface area contributed by atoms with Gasteiger partial charge >= 0.3 is 0 Å². The normalized spacial score (nSPS) is 10.7. The molecule has 0 bridgehead atoms. The Balaban J connectivity index is 1.60. The SMILES string of the molecule is Cc1cccc(Cn2nccc2NC(=O)CSc2nc(C)cc(N)n2)c1. The van der Waals surface area contributed by atoms with Gasteiger partial charge in [0, 0.05) is 17.8 Å². The summed E-state index contributed by atoms with van der Waals surface area (Å²) in [6, 6.07) is 11.7. The van der Waals surface area contributed by atoms with E-state index in [1.807, 2.05) is 32.0 Å². The molecule has 2 heterocycles. The molecule has 0 aliphatic carbocycles. The lowest BCUT2D eigenvalue weighted by atomic mass is 10.1. The lowest BCUT2D eigenvalue weighted by Crippen LogP contribution is -2.18. The number of carbonyl (C=O) groups excluding carboxylic acids is 1. The zero-order valence-electron chi connectivity index (χ0n) is 14.6. The van der Waals surface area contributed by atoms with Gasteiger partial charge in [0.05, 0.1) is 18.5 Å². The van der Waals surface area contributed by atoms with Gasteiger partial charge in [-0.25, -0.2) is 14.6 Å². The average Bonchev–Trinajstić information content (AvgIpc) is 2.99. The zero-order valence-corrected chi connectivity index (χ0v) is 15.5. The molecule has 134 valence electrons. The summed E-state index contributed by atoms with van der Waals surface area (Å²) < 4.78 is 1.76. The number of nitrogens with two attached hydrogens (primary N) is 1. The molecule has 8 heteroatoms. The number of benzene rings is 1. The molecule has 3 N–H and O–H groups in total. The Hall–Kier alpha value is -2.87. The molecular formula is C18H20N6OS. The maximum absolute atomic E-state index is 12.3. The minimum absolute atomic E-state index is 0.148. The van der Waals surface area contributed by atoms with Crippen molar-refractivity contribution in [1.82, 2.24) is 19.7 Å². The van der Waals surface area contributed by atoms with E-state index in [1.165, 1.54) is 17.3 Å². The van der Waals surface area contributed by atoms with Crippen molar-refractivity contribution >= 4 is 29.3 Å². The van der Waals surface area contributed by atoms with Crippen LogP contribution in [0, 0.1) is 13.8 Å². The molecule has 3 rings (SSSR count). The van der Waals surface area contributed by atoms with E-state index in [1.54, 1.807) is 23.0 Å². The number of aryl methyl sites for hydroxylation is 2. The molecule has 26 heavy (non-hydrogen) atoms. The maximum Gasteiger partial charge on any atom is 0.235 e. The molecule has 0 aliphatic rings. The van der Waals surface area contributed by atoms with E-state index in [0.29, 0.717) is 23.3 Å². The van der Waals surface area contributed by atoms with Crippen molar-refractivity contribution in [2.24, 2.45) is 0 Å². The smallest absolute Gasteiger partial charge is 0.235 e. The first-order valence-electron chi connectivity index (χ1n) is 8.11. The van der Waals surface area contributed by atoms with E-state index in [0.717, 1.165) is 11.3 Å².